The van der Waals surface area contributed by atoms with Crippen LogP contribution in [-0.4, -0.2) is 35.6 Å². The SMILES string of the molecule is CC1CCN(c2ccc(N3CC(O)=C(c4nc(-c5cccs5)cs4)C3=N)cc2)CC1. The first kappa shape index (κ1) is 19.3. The fourth-order valence-corrected chi connectivity index (χ4v) is 5.71. The second-order valence-corrected chi connectivity index (χ2v) is 9.76. The quantitative estimate of drug-likeness (QED) is 0.536. The molecule has 5 rings (SSSR count). The van der Waals surface area contributed by atoms with Crippen LogP contribution in [0.15, 0.2) is 52.9 Å². The number of aliphatic hydroxyl groups is 1. The average Bonchev–Trinajstić information content (AvgIpc) is 3.49. The Morgan fingerprint density at radius 1 is 1.07 bits per heavy atom. The van der Waals surface area contributed by atoms with E-state index in [2.05, 4.69) is 41.1 Å². The molecule has 1 fully saturated rings. The van der Waals surface area contributed by atoms with Crippen molar-refractivity contribution in [1.29, 1.82) is 5.41 Å². The lowest BCUT2D eigenvalue weighted by Gasteiger charge is -2.32. The zero-order valence-corrected chi connectivity index (χ0v) is 18.5. The molecule has 5 nitrogen and oxygen atoms in total. The third-order valence-electron chi connectivity index (χ3n) is 5.91. The highest BCUT2D eigenvalue weighted by molar-refractivity contribution is 7.14. The molecule has 0 spiro atoms. The Labute approximate surface area is 184 Å². The lowest BCUT2D eigenvalue weighted by Crippen LogP contribution is -2.32. The Hall–Kier alpha value is -2.64. The topological polar surface area (TPSA) is 63.5 Å². The summed E-state index contributed by atoms with van der Waals surface area (Å²) >= 11 is 3.12. The van der Waals surface area contributed by atoms with Gasteiger partial charge in [-0.3, -0.25) is 5.41 Å². The van der Waals surface area contributed by atoms with E-state index in [1.54, 1.807) is 11.3 Å². The summed E-state index contributed by atoms with van der Waals surface area (Å²) in [4.78, 5) is 10.1. The lowest BCUT2D eigenvalue weighted by atomic mass is 9.99. The van der Waals surface area contributed by atoms with Gasteiger partial charge in [-0.15, -0.1) is 22.7 Å². The maximum atomic E-state index is 10.6. The van der Waals surface area contributed by atoms with E-state index < -0.39 is 0 Å². The van der Waals surface area contributed by atoms with Crippen LogP contribution >= 0.6 is 22.7 Å². The van der Waals surface area contributed by atoms with E-state index in [0.29, 0.717) is 23.0 Å². The van der Waals surface area contributed by atoms with Gasteiger partial charge in [0.15, 0.2) is 0 Å². The molecule has 0 bridgehead atoms. The molecule has 0 amide bonds. The second kappa shape index (κ2) is 7.89. The molecule has 2 aliphatic heterocycles. The van der Waals surface area contributed by atoms with Crippen molar-refractivity contribution in [3.8, 4) is 10.6 Å². The number of piperidine rings is 1. The second-order valence-electron chi connectivity index (χ2n) is 7.96. The Morgan fingerprint density at radius 2 is 1.80 bits per heavy atom. The van der Waals surface area contributed by atoms with Crippen LogP contribution in [0.3, 0.4) is 0 Å². The van der Waals surface area contributed by atoms with Crippen LogP contribution < -0.4 is 9.80 Å². The maximum absolute atomic E-state index is 10.6. The molecule has 7 heteroatoms. The van der Waals surface area contributed by atoms with Gasteiger partial charge in [0.05, 0.1) is 22.7 Å². The van der Waals surface area contributed by atoms with Gasteiger partial charge in [-0.1, -0.05) is 13.0 Å². The fraction of sp³-hybridized carbons (Fsp3) is 0.304. The van der Waals surface area contributed by atoms with Crippen molar-refractivity contribution in [3.05, 3.63) is 57.9 Å². The number of aromatic nitrogens is 1. The number of thiazole rings is 1. The number of aliphatic hydroxyl groups excluding tert-OH is 1. The van der Waals surface area contributed by atoms with Crippen LogP contribution in [0.1, 0.15) is 24.8 Å². The van der Waals surface area contributed by atoms with Crippen LogP contribution in [0.5, 0.6) is 0 Å². The highest BCUT2D eigenvalue weighted by atomic mass is 32.1. The van der Waals surface area contributed by atoms with Crippen LogP contribution in [0.4, 0.5) is 11.4 Å². The summed E-state index contributed by atoms with van der Waals surface area (Å²) in [5.74, 6) is 1.32. The molecule has 4 heterocycles. The molecule has 0 unspecified atom stereocenters. The van der Waals surface area contributed by atoms with Gasteiger partial charge in [0, 0.05) is 29.8 Å². The van der Waals surface area contributed by atoms with Crippen molar-refractivity contribution in [1.82, 2.24) is 4.98 Å². The zero-order valence-electron chi connectivity index (χ0n) is 16.8. The Balaban J connectivity index is 1.33. The minimum atomic E-state index is 0.209. The van der Waals surface area contributed by atoms with Crippen molar-refractivity contribution in [3.63, 3.8) is 0 Å². The standard InChI is InChI=1S/C23H24N4OS2/c1-15-8-10-26(11-9-15)16-4-6-17(7-5-16)27-13-19(28)21(22(27)24)23-25-18(14-30-23)20-3-2-12-29-20/h2-7,12,14-15,24,28H,8-11,13H2,1H3. The molecular weight excluding hydrogens is 412 g/mol. The highest BCUT2D eigenvalue weighted by Gasteiger charge is 2.31. The normalized spacial score (nSPS) is 18.0. The summed E-state index contributed by atoms with van der Waals surface area (Å²) in [7, 11) is 0. The van der Waals surface area contributed by atoms with E-state index in [-0.39, 0.29) is 5.76 Å². The van der Waals surface area contributed by atoms with Gasteiger partial charge in [-0.2, -0.15) is 0 Å². The van der Waals surface area contributed by atoms with E-state index in [9.17, 15) is 5.11 Å². The summed E-state index contributed by atoms with van der Waals surface area (Å²) < 4.78 is 0. The number of hydrogen-bond donors (Lipinski definition) is 2. The van der Waals surface area contributed by atoms with Gasteiger partial charge in [-0.25, -0.2) is 4.98 Å². The van der Waals surface area contributed by atoms with Gasteiger partial charge in [0.1, 0.15) is 16.6 Å². The van der Waals surface area contributed by atoms with Crippen molar-refractivity contribution in [2.75, 3.05) is 29.4 Å². The summed E-state index contributed by atoms with van der Waals surface area (Å²) in [6, 6.07) is 12.4. The molecule has 154 valence electrons. The molecule has 30 heavy (non-hydrogen) atoms. The van der Waals surface area contributed by atoms with E-state index >= 15 is 0 Å². The Bertz CT molecular complexity index is 1080. The first-order chi connectivity index (χ1) is 14.6. The zero-order chi connectivity index (χ0) is 20.7. The van der Waals surface area contributed by atoms with Gasteiger partial charge >= 0.3 is 0 Å². The Kier molecular flexibility index (Phi) is 5.08. The molecule has 1 aromatic carbocycles. The summed E-state index contributed by atoms with van der Waals surface area (Å²) in [5, 5.41) is 24.0. The van der Waals surface area contributed by atoms with E-state index in [0.717, 1.165) is 35.3 Å². The molecule has 1 saturated heterocycles. The third-order valence-corrected chi connectivity index (χ3v) is 7.66. The maximum Gasteiger partial charge on any atom is 0.139 e. The molecule has 2 aliphatic rings. The van der Waals surface area contributed by atoms with Gasteiger partial charge in [-0.05, 0) is 54.5 Å². The number of nitrogens with one attached hydrogen (secondary N) is 1. The molecule has 2 N–H and O–H groups in total. The number of amidine groups is 1. The molecule has 0 saturated carbocycles. The van der Waals surface area contributed by atoms with Crippen LogP contribution in [0.25, 0.3) is 16.1 Å². The van der Waals surface area contributed by atoms with Gasteiger partial charge < -0.3 is 14.9 Å². The fourth-order valence-electron chi connectivity index (χ4n) is 4.06. The largest absolute Gasteiger partial charge is 0.510 e. The average molecular weight is 437 g/mol. The molecule has 0 radical (unpaired) electrons. The number of rotatable bonds is 4. The summed E-state index contributed by atoms with van der Waals surface area (Å²) in [6.07, 6.45) is 2.47. The van der Waals surface area contributed by atoms with Crippen LogP contribution in [-0.2, 0) is 0 Å². The van der Waals surface area contributed by atoms with Crippen LogP contribution in [0.2, 0.25) is 0 Å². The minimum absolute atomic E-state index is 0.209. The molecule has 2 aromatic heterocycles. The third kappa shape index (κ3) is 3.52. The van der Waals surface area contributed by atoms with Crippen molar-refractivity contribution in [2.24, 2.45) is 5.92 Å². The van der Waals surface area contributed by atoms with Crippen molar-refractivity contribution >= 4 is 45.5 Å². The number of nitrogens with zero attached hydrogens (tertiary/aromatic N) is 3. The molecule has 0 atom stereocenters. The van der Waals surface area contributed by atoms with E-state index in [4.69, 9.17) is 5.41 Å². The Morgan fingerprint density at radius 3 is 2.50 bits per heavy atom. The predicted molar refractivity (Wildman–Crippen MR) is 127 cm³/mol. The smallest absolute Gasteiger partial charge is 0.139 e. The first-order valence-corrected chi connectivity index (χ1v) is 12.0. The minimum Gasteiger partial charge on any atom is -0.510 e. The van der Waals surface area contributed by atoms with Gasteiger partial charge in [0.2, 0.25) is 0 Å². The predicted octanol–water partition coefficient (Wildman–Crippen LogP) is 5.87. The molecular formula is C23H24N4OS2. The number of benzene rings is 1. The van der Waals surface area contributed by atoms with Gasteiger partial charge in [0.25, 0.3) is 0 Å². The molecule has 0 aliphatic carbocycles. The van der Waals surface area contributed by atoms with Crippen molar-refractivity contribution < 1.29 is 5.11 Å². The summed E-state index contributed by atoms with van der Waals surface area (Å²) in [5.41, 5.74) is 3.59. The van der Waals surface area contributed by atoms with E-state index in [1.807, 2.05) is 27.8 Å². The van der Waals surface area contributed by atoms with E-state index in [1.165, 1.54) is 29.9 Å². The number of hydrogen-bond acceptors (Lipinski definition) is 6. The highest BCUT2D eigenvalue weighted by Crippen LogP contribution is 2.36. The first-order valence-electron chi connectivity index (χ1n) is 10.2. The summed E-state index contributed by atoms with van der Waals surface area (Å²) in [6.45, 7) is 4.83. The monoisotopic (exact) mass is 436 g/mol. The lowest BCUT2D eigenvalue weighted by molar-refractivity contribution is 0.411. The number of thiophene rings is 1. The van der Waals surface area contributed by atoms with Crippen molar-refractivity contribution in [2.45, 2.75) is 19.8 Å². The van der Waals surface area contributed by atoms with Crippen LogP contribution in [0, 0.1) is 11.3 Å². The molecule has 3 aromatic rings. The number of anilines is 2.